The molecule has 0 aliphatic heterocycles. The summed E-state index contributed by atoms with van der Waals surface area (Å²) in [6.45, 7) is 1.89. The Balaban J connectivity index is 2.09. The van der Waals surface area contributed by atoms with Crippen molar-refractivity contribution in [2.75, 3.05) is 5.32 Å². The fourth-order valence-corrected chi connectivity index (χ4v) is 1.80. The first-order chi connectivity index (χ1) is 9.20. The Morgan fingerprint density at radius 2 is 1.63 bits per heavy atom. The number of carbonyl (C=O) groups is 1. The van der Waals surface area contributed by atoms with Gasteiger partial charge in [-0.05, 0) is 29.7 Å². The molecule has 0 fully saturated rings. The molecule has 1 amide bonds. The van der Waals surface area contributed by atoms with Crippen LogP contribution in [0.25, 0.3) is 11.1 Å². The van der Waals surface area contributed by atoms with E-state index in [1.54, 1.807) is 0 Å². The van der Waals surface area contributed by atoms with E-state index in [4.69, 9.17) is 5.73 Å². The van der Waals surface area contributed by atoms with Crippen molar-refractivity contribution < 1.29 is 4.79 Å². The van der Waals surface area contributed by atoms with Gasteiger partial charge in [0.1, 0.15) is 0 Å². The van der Waals surface area contributed by atoms with E-state index in [9.17, 15) is 4.79 Å². The van der Waals surface area contributed by atoms with Gasteiger partial charge in [0.15, 0.2) is 0 Å². The maximum atomic E-state index is 11.7. The minimum absolute atomic E-state index is 0.144. The third kappa shape index (κ3) is 3.42. The van der Waals surface area contributed by atoms with E-state index in [0.717, 1.165) is 16.8 Å². The molecule has 0 spiro atoms. The number of nitrogens with two attached hydrogens (primary N) is 1. The van der Waals surface area contributed by atoms with Crippen LogP contribution in [0.4, 0.5) is 5.69 Å². The first-order valence-corrected chi connectivity index (χ1v) is 6.42. The molecule has 3 heteroatoms. The van der Waals surface area contributed by atoms with Gasteiger partial charge in [-0.1, -0.05) is 49.4 Å². The second kappa shape index (κ2) is 6.16. The summed E-state index contributed by atoms with van der Waals surface area (Å²) in [5.74, 6) is -0.144. The van der Waals surface area contributed by atoms with Gasteiger partial charge in [-0.25, -0.2) is 0 Å². The van der Waals surface area contributed by atoms with Crippen molar-refractivity contribution in [2.24, 2.45) is 5.73 Å². The second-order valence-corrected chi connectivity index (χ2v) is 4.45. The lowest BCUT2D eigenvalue weighted by molar-refractivity contribution is -0.117. The summed E-state index contributed by atoms with van der Waals surface area (Å²) in [6.07, 6.45) is 0.633. The molecule has 0 saturated heterocycles. The SMILES string of the molecule is CCC(N)C(=O)Nc1ccc(-c2ccccc2)cc1. The van der Waals surface area contributed by atoms with Crippen molar-refractivity contribution in [3.63, 3.8) is 0 Å². The quantitative estimate of drug-likeness (QED) is 0.881. The van der Waals surface area contributed by atoms with Crippen LogP contribution in [0, 0.1) is 0 Å². The summed E-state index contributed by atoms with van der Waals surface area (Å²) in [5.41, 5.74) is 8.73. The van der Waals surface area contributed by atoms with E-state index >= 15 is 0 Å². The van der Waals surface area contributed by atoms with Crippen LogP contribution in [0.5, 0.6) is 0 Å². The standard InChI is InChI=1S/C16H18N2O/c1-2-15(17)16(19)18-14-10-8-13(9-11-14)12-6-4-3-5-7-12/h3-11,15H,2,17H2,1H3,(H,18,19). The molecule has 98 valence electrons. The highest BCUT2D eigenvalue weighted by Gasteiger charge is 2.10. The molecule has 0 aromatic heterocycles. The van der Waals surface area contributed by atoms with Crippen molar-refractivity contribution >= 4 is 11.6 Å². The zero-order valence-corrected chi connectivity index (χ0v) is 11.0. The third-order valence-corrected chi connectivity index (χ3v) is 3.04. The third-order valence-electron chi connectivity index (χ3n) is 3.04. The average Bonchev–Trinajstić information content (AvgIpc) is 2.48. The zero-order chi connectivity index (χ0) is 13.7. The highest BCUT2D eigenvalue weighted by molar-refractivity contribution is 5.94. The number of nitrogens with one attached hydrogen (secondary N) is 1. The Morgan fingerprint density at radius 3 is 2.21 bits per heavy atom. The van der Waals surface area contributed by atoms with Crippen LogP contribution in [0.1, 0.15) is 13.3 Å². The lowest BCUT2D eigenvalue weighted by Crippen LogP contribution is -2.34. The first-order valence-electron chi connectivity index (χ1n) is 6.42. The summed E-state index contributed by atoms with van der Waals surface area (Å²) in [4.78, 5) is 11.7. The van der Waals surface area contributed by atoms with E-state index in [0.29, 0.717) is 6.42 Å². The summed E-state index contributed by atoms with van der Waals surface area (Å²) in [7, 11) is 0. The first kappa shape index (κ1) is 13.3. The lowest BCUT2D eigenvalue weighted by atomic mass is 10.1. The van der Waals surface area contributed by atoms with Crippen LogP contribution in [-0.4, -0.2) is 11.9 Å². The van der Waals surface area contributed by atoms with Gasteiger partial charge in [-0.15, -0.1) is 0 Å². The van der Waals surface area contributed by atoms with Gasteiger partial charge in [0.2, 0.25) is 5.91 Å². The van der Waals surface area contributed by atoms with Gasteiger partial charge in [0.05, 0.1) is 6.04 Å². The number of hydrogen-bond acceptors (Lipinski definition) is 2. The molecule has 0 bridgehead atoms. The highest BCUT2D eigenvalue weighted by atomic mass is 16.2. The average molecular weight is 254 g/mol. The number of rotatable bonds is 4. The molecule has 0 saturated carbocycles. The Labute approximate surface area is 113 Å². The van der Waals surface area contributed by atoms with Crippen LogP contribution in [0.2, 0.25) is 0 Å². The van der Waals surface area contributed by atoms with E-state index in [1.807, 2.05) is 49.4 Å². The number of hydrogen-bond donors (Lipinski definition) is 2. The predicted molar refractivity (Wildman–Crippen MR) is 78.8 cm³/mol. The molecule has 0 radical (unpaired) electrons. The monoisotopic (exact) mass is 254 g/mol. The zero-order valence-electron chi connectivity index (χ0n) is 11.0. The Bertz CT molecular complexity index is 534. The molecule has 1 atom stereocenters. The van der Waals surface area contributed by atoms with Gasteiger partial charge in [-0.3, -0.25) is 4.79 Å². The number of benzene rings is 2. The van der Waals surface area contributed by atoms with Crippen LogP contribution in [0.3, 0.4) is 0 Å². The molecule has 0 heterocycles. The van der Waals surface area contributed by atoms with E-state index in [1.165, 1.54) is 0 Å². The smallest absolute Gasteiger partial charge is 0.241 e. The molecule has 2 aromatic carbocycles. The molecular formula is C16H18N2O. The Kier molecular flexibility index (Phi) is 4.31. The molecule has 3 nitrogen and oxygen atoms in total. The molecule has 2 rings (SSSR count). The molecule has 3 N–H and O–H groups in total. The van der Waals surface area contributed by atoms with E-state index in [-0.39, 0.29) is 5.91 Å². The minimum Gasteiger partial charge on any atom is -0.325 e. The molecule has 0 aliphatic carbocycles. The molecule has 0 aliphatic rings. The summed E-state index contributed by atoms with van der Waals surface area (Å²) >= 11 is 0. The van der Waals surface area contributed by atoms with Gasteiger partial charge in [0.25, 0.3) is 0 Å². The summed E-state index contributed by atoms with van der Waals surface area (Å²) in [6, 6.07) is 17.4. The predicted octanol–water partition coefficient (Wildman–Crippen LogP) is 3.03. The topological polar surface area (TPSA) is 55.1 Å². The van der Waals surface area contributed by atoms with Gasteiger partial charge >= 0.3 is 0 Å². The summed E-state index contributed by atoms with van der Waals surface area (Å²) < 4.78 is 0. The Hall–Kier alpha value is -2.13. The molecule has 1 unspecified atom stereocenters. The largest absolute Gasteiger partial charge is 0.325 e. The maximum Gasteiger partial charge on any atom is 0.241 e. The molecular weight excluding hydrogens is 236 g/mol. The fourth-order valence-electron chi connectivity index (χ4n) is 1.80. The van der Waals surface area contributed by atoms with E-state index < -0.39 is 6.04 Å². The van der Waals surface area contributed by atoms with Crippen molar-refractivity contribution in [3.05, 3.63) is 54.6 Å². The second-order valence-electron chi connectivity index (χ2n) is 4.45. The number of amides is 1. The van der Waals surface area contributed by atoms with Crippen LogP contribution >= 0.6 is 0 Å². The van der Waals surface area contributed by atoms with Crippen LogP contribution in [0.15, 0.2) is 54.6 Å². The maximum absolute atomic E-state index is 11.7. The number of anilines is 1. The number of carbonyl (C=O) groups excluding carboxylic acids is 1. The van der Waals surface area contributed by atoms with E-state index in [2.05, 4.69) is 17.4 Å². The van der Waals surface area contributed by atoms with Gasteiger partial charge < -0.3 is 11.1 Å². The van der Waals surface area contributed by atoms with Crippen molar-refractivity contribution in [1.29, 1.82) is 0 Å². The lowest BCUT2D eigenvalue weighted by Gasteiger charge is -2.10. The highest BCUT2D eigenvalue weighted by Crippen LogP contribution is 2.20. The molecule has 19 heavy (non-hydrogen) atoms. The fraction of sp³-hybridized carbons (Fsp3) is 0.188. The van der Waals surface area contributed by atoms with Crippen LogP contribution in [-0.2, 0) is 4.79 Å². The Morgan fingerprint density at radius 1 is 1.05 bits per heavy atom. The van der Waals surface area contributed by atoms with Gasteiger partial charge in [0, 0.05) is 5.69 Å². The molecule has 2 aromatic rings. The van der Waals surface area contributed by atoms with Gasteiger partial charge in [-0.2, -0.15) is 0 Å². The normalized spacial score (nSPS) is 11.9. The summed E-state index contributed by atoms with van der Waals surface area (Å²) in [5, 5.41) is 2.81. The van der Waals surface area contributed by atoms with Crippen LogP contribution < -0.4 is 11.1 Å². The van der Waals surface area contributed by atoms with Crippen molar-refractivity contribution in [3.8, 4) is 11.1 Å². The van der Waals surface area contributed by atoms with Crippen molar-refractivity contribution in [2.45, 2.75) is 19.4 Å². The minimum atomic E-state index is -0.450. The van der Waals surface area contributed by atoms with Crippen molar-refractivity contribution in [1.82, 2.24) is 0 Å².